The second-order valence-electron chi connectivity index (χ2n) is 6.49. The largest absolute Gasteiger partial charge is 0.274 e. The van der Waals surface area contributed by atoms with Crippen molar-refractivity contribution >= 4 is 15.9 Å². The standard InChI is InChI=1S/C17H17FN4O3S/c1-10(2)22-9-11(8-20-22)12-6-13(12)17(23)21-26(24,25)16-5-3-4-15(18)14(16)7-19/h3-5,8-10,12-13H,6H2,1-2H3,(H,21,23). The van der Waals surface area contributed by atoms with E-state index in [4.69, 9.17) is 5.26 Å². The summed E-state index contributed by atoms with van der Waals surface area (Å²) < 4.78 is 42.1. The van der Waals surface area contributed by atoms with E-state index in [1.54, 1.807) is 10.9 Å². The summed E-state index contributed by atoms with van der Waals surface area (Å²) in [6, 6.07) is 4.96. The van der Waals surface area contributed by atoms with Crippen LogP contribution in [0.3, 0.4) is 0 Å². The van der Waals surface area contributed by atoms with E-state index in [1.807, 2.05) is 24.8 Å². The van der Waals surface area contributed by atoms with Gasteiger partial charge in [0, 0.05) is 18.2 Å². The molecular weight excluding hydrogens is 359 g/mol. The minimum Gasteiger partial charge on any atom is -0.274 e. The van der Waals surface area contributed by atoms with Crippen molar-refractivity contribution in [3.05, 3.63) is 47.5 Å². The van der Waals surface area contributed by atoms with Crippen molar-refractivity contribution in [2.24, 2.45) is 5.92 Å². The summed E-state index contributed by atoms with van der Waals surface area (Å²) in [4.78, 5) is 11.8. The van der Waals surface area contributed by atoms with E-state index >= 15 is 0 Å². The minimum atomic E-state index is -4.33. The van der Waals surface area contributed by atoms with E-state index < -0.39 is 38.1 Å². The van der Waals surface area contributed by atoms with Gasteiger partial charge in [0.15, 0.2) is 0 Å². The third kappa shape index (κ3) is 3.32. The maximum atomic E-state index is 13.6. The first-order valence-corrected chi connectivity index (χ1v) is 9.52. The maximum absolute atomic E-state index is 13.6. The number of rotatable bonds is 5. The zero-order valence-corrected chi connectivity index (χ0v) is 15.0. The van der Waals surface area contributed by atoms with E-state index in [1.165, 1.54) is 12.1 Å². The molecule has 2 atom stereocenters. The molecule has 1 aliphatic carbocycles. The maximum Gasteiger partial charge on any atom is 0.265 e. The van der Waals surface area contributed by atoms with E-state index in [2.05, 4.69) is 5.10 Å². The third-order valence-electron chi connectivity index (χ3n) is 4.32. The van der Waals surface area contributed by atoms with Crippen LogP contribution in [0.1, 0.15) is 43.4 Å². The van der Waals surface area contributed by atoms with Crippen molar-refractivity contribution in [3.8, 4) is 6.07 Å². The highest BCUT2D eigenvalue weighted by molar-refractivity contribution is 7.90. The first kappa shape index (κ1) is 18.1. The van der Waals surface area contributed by atoms with Crippen LogP contribution in [0.5, 0.6) is 0 Å². The van der Waals surface area contributed by atoms with Crippen LogP contribution in [-0.4, -0.2) is 24.1 Å². The van der Waals surface area contributed by atoms with E-state index in [-0.39, 0.29) is 12.0 Å². The zero-order valence-electron chi connectivity index (χ0n) is 14.2. The van der Waals surface area contributed by atoms with Gasteiger partial charge < -0.3 is 0 Å². The fourth-order valence-electron chi connectivity index (χ4n) is 2.78. The summed E-state index contributed by atoms with van der Waals surface area (Å²) in [5.41, 5.74) is 0.262. The van der Waals surface area contributed by atoms with E-state index in [0.717, 1.165) is 17.7 Å². The van der Waals surface area contributed by atoms with Crippen molar-refractivity contribution in [1.82, 2.24) is 14.5 Å². The molecule has 26 heavy (non-hydrogen) atoms. The van der Waals surface area contributed by atoms with Gasteiger partial charge in [-0.3, -0.25) is 9.48 Å². The molecule has 1 fully saturated rings. The Morgan fingerprint density at radius 1 is 1.46 bits per heavy atom. The van der Waals surface area contributed by atoms with E-state index in [0.29, 0.717) is 6.42 Å². The average molecular weight is 376 g/mol. The molecule has 7 nitrogen and oxygen atoms in total. The second kappa shape index (κ2) is 6.53. The molecule has 0 spiro atoms. The normalized spacial score (nSPS) is 19.2. The minimum absolute atomic E-state index is 0.0966. The highest BCUT2D eigenvalue weighted by atomic mass is 32.2. The molecule has 1 N–H and O–H groups in total. The molecule has 0 bridgehead atoms. The lowest BCUT2D eigenvalue weighted by Crippen LogP contribution is -2.32. The Bertz CT molecular complexity index is 1010. The molecule has 1 aromatic carbocycles. The smallest absolute Gasteiger partial charge is 0.265 e. The molecule has 2 aromatic rings. The molecule has 0 aliphatic heterocycles. The van der Waals surface area contributed by atoms with Gasteiger partial charge in [-0.25, -0.2) is 17.5 Å². The zero-order chi connectivity index (χ0) is 19.1. The summed E-state index contributed by atoms with van der Waals surface area (Å²) in [7, 11) is -4.33. The Balaban J connectivity index is 1.75. The van der Waals surface area contributed by atoms with Gasteiger partial charge in [-0.15, -0.1) is 0 Å². The Hall–Kier alpha value is -2.73. The Labute approximate surface area is 150 Å². The summed E-state index contributed by atoms with van der Waals surface area (Å²) in [5.74, 6) is -2.21. The summed E-state index contributed by atoms with van der Waals surface area (Å²) >= 11 is 0. The van der Waals surface area contributed by atoms with Crippen LogP contribution in [0.2, 0.25) is 0 Å². The number of hydrogen-bond acceptors (Lipinski definition) is 5. The van der Waals surface area contributed by atoms with Crippen molar-refractivity contribution in [1.29, 1.82) is 5.26 Å². The summed E-state index contributed by atoms with van der Waals surface area (Å²) in [5, 5.41) is 13.2. The number of nitrogens with zero attached hydrogens (tertiary/aromatic N) is 3. The Morgan fingerprint density at radius 3 is 2.81 bits per heavy atom. The predicted octanol–water partition coefficient (Wildman–Crippen LogP) is 2.08. The number of carbonyl (C=O) groups is 1. The van der Waals surface area contributed by atoms with Gasteiger partial charge in [0.05, 0.1) is 6.20 Å². The molecule has 9 heteroatoms. The topological polar surface area (TPSA) is 105 Å². The summed E-state index contributed by atoms with van der Waals surface area (Å²) in [6.07, 6.45) is 4.03. The lowest BCUT2D eigenvalue weighted by Gasteiger charge is -2.08. The molecular formula is C17H17FN4O3S. The number of carbonyl (C=O) groups excluding carboxylic acids is 1. The number of benzene rings is 1. The summed E-state index contributed by atoms with van der Waals surface area (Å²) in [6.45, 7) is 3.96. The van der Waals surface area contributed by atoms with Gasteiger partial charge in [-0.2, -0.15) is 10.4 Å². The van der Waals surface area contributed by atoms with Gasteiger partial charge >= 0.3 is 0 Å². The molecule has 0 radical (unpaired) electrons. The lowest BCUT2D eigenvalue weighted by molar-refractivity contribution is -0.120. The van der Waals surface area contributed by atoms with E-state index in [9.17, 15) is 17.6 Å². The number of nitriles is 1. The molecule has 1 heterocycles. The van der Waals surface area contributed by atoms with Gasteiger partial charge in [0.25, 0.3) is 10.0 Å². The molecule has 136 valence electrons. The molecule has 0 saturated heterocycles. The monoisotopic (exact) mass is 376 g/mol. The number of halogens is 1. The van der Waals surface area contributed by atoms with Crippen LogP contribution in [-0.2, 0) is 14.8 Å². The van der Waals surface area contributed by atoms with Crippen LogP contribution in [0.15, 0.2) is 35.5 Å². The lowest BCUT2D eigenvalue weighted by atomic mass is 10.2. The second-order valence-corrected chi connectivity index (χ2v) is 8.14. The van der Waals surface area contributed by atoms with Crippen molar-refractivity contribution in [3.63, 3.8) is 0 Å². The van der Waals surface area contributed by atoms with Gasteiger partial charge in [-0.05, 0) is 43.9 Å². The third-order valence-corrected chi connectivity index (χ3v) is 5.71. The quantitative estimate of drug-likeness (QED) is 0.860. The van der Waals surface area contributed by atoms with Crippen molar-refractivity contribution < 1.29 is 17.6 Å². The first-order valence-electron chi connectivity index (χ1n) is 8.04. The molecule has 2 unspecified atom stereocenters. The van der Waals surface area contributed by atoms with Crippen LogP contribution in [0, 0.1) is 23.1 Å². The Morgan fingerprint density at radius 2 is 2.19 bits per heavy atom. The number of amides is 1. The van der Waals surface area contributed by atoms with Gasteiger partial charge in [-0.1, -0.05) is 6.07 Å². The molecule has 1 saturated carbocycles. The molecule has 1 aliphatic rings. The van der Waals surface area contributed by atoms with Crippen LogP contribution >= 0.6 is 0 Å². The predicted molar refractivity (Wildman–Crippen MR) is 89.9 cm³/mol. The highest BCUT2D eigenvalue weighted by Gasteiger charge is 2.46. The van der Waals surface area contributed by atoms with Crippen molar-refractivity contribution in [2.75, 3.05) is 0 Å². The fourth-order valence-corrected chi connectivity index (χ4v) is 3.98. The van der Waals surface area contributed by atoms with Gasteiger partial charge in [0.2, 0.25) is 5.91 Å². The number of aromatic nitrogens is 2. The number of sulfonamides is 1. The van der Waals surface area contributed by atoms with Gasteiger partial charge in [0.1, 0.15) is 22.3 Å². The Kier molecular flexibility index (Phi) is 4.54. The highest BCUT2D eigenvalue weighted by Crippen LogP contribution is 2.47. The molecule has 1 amide bonds. The fraction of sp³-hybridized carbons (Fsp3) is 0.353. The van der Waals surface area contributed by atoms with Crippen molar-refractivity contribution in [2.45, 2.75) is 37.1 Å². The molecule has 3 rings (SSSR count). The van der Waals surface area contributed by atoms with Crippen LogP contribution < -0.4 is 4.72 Å². The first-order chi connectivity index (χ1) is 12.2. The SMILES string of the molecule is CC(C)n1cc(C2CC2C(=O)NS(=O)(=O)c2cccc(F)c2C#N)cn1. The molecule has 1 aromatic heterocycles. The number of nitrogens with one attached hydrogen (secondary N) is 1. The van der Waals surface area contributed by atoms with Crippen LogP contribution in [0.25, 0.3) is 0 Å². The average Bonchev–Trinajstić information content (AvgIpc) is 3.22. The van der Waals surface area contributed by atoms with Crippen LogP contribution in [0.4, 0.5) is 4.39 Å². The number of hydrogen-bond donors (Lipinski definition) is 1.